The van der Waals surface area contributed by atoms with Crippen LogP contribution in [0.3, 0.4) is 0 Å². The predicted molar refractivity (Wildman–Crippen MR) is 98.1 cm³/mol. The fourth-order valence-electron chi connectivity index (χ4n) is 3.21. The Bertz CT molecular complexity index is 900. The third-order valence-electron chi connectivity index (χ3n) is 4.73. The highest BCUT2D eigenvalue weighted by molar-refractivity contribution is 5.40. The SMILES string of the molecule is FC(F)(F)c1ccc(CN2CCN(c3cncc(-n4cccn4)n3)CC2)cc1. The summed E-state index contributed by atoms with van der Waals surface area (Å²) in [5.74, 6) is 1.46. The highest BCUT2D eigenvalue weighted by Gasteiger charge is 2.30. The molecule has 1 aliphatic heterocycles. The fourth-order valence-corrected chi connectivity index (χ4v) is 3.21. The molecule has 1 saturated heterocycles. The average Bonchev–Trinajstić information content (AvgIpc) is 3.23. The normalized spacial score (nSPS) is 15.8. The van der Waals surface area contributed by atoms with E-state index in [0.717, 1.165) is 49.7 Å². The maximum atomic E-state index is 12.7. The van der Waals surface area contributed by atoms with Crippen LogP contribution in [0.2, 0.25) is 0 Å². The van der Waals surface area contributed by atoms with Gasteiger partial charge >= 0.3 is 6.18 Å². The first-order valence-electron chi connectivity index (χ1n) is 8.94. The van der Waals surface area contributed by atoms with Gasteiger partial charge < -0.3 is 4.90 Å². The minimum atomic E-state index is -4.30. The minimum absolute atomic E-state index is 0.614. The molecule has 0 unspecified atom stereocenters. The Labute approximate surface area is 160 Å². The van der Waals surface area contributed by atoms with E-state index in [0.29, 0.717) is 12.4 Å². The van der Waals surface area contributed by atoms with Gasteiger partial charge in [-0.2, -0.15) is 18.3 Å². The van der Waals surface area contributed by atoms with E-state index in [1.807, 2.05) is 12.3 Å². The lowest BCUT2D eigenvalue weighted by Crippen LogP contribution is -2.46. The third kappa shape index (κ3) is 4.14. The summed E-state index contributed by atoms with van der Waals surface area (Å²) in [6, 6.07) is 7.21. The van der Waals surface area contributed by atoms with E-state index in [1.165, 1.54) is 0 Å². The molecule has 0 spiro atoms. The smallest absolute Gasteiger partial charge is 0.353 e. The number of benzene rings is 1. The lowest BCUT2D eigenvalue weighted by Gasteiger charge is -2.35. The van der Waals surface area contributed by atoms with Crippen molar-refractivity contribution in [1.82, 2.24) is 24.6 Å². The molecule has 146 valence electrons. The Balaban J connectivity index is 1.35. The number of hydrogen-bond acceptors (Lipinski definition) is 5. The summed E-state index contributed by atoms with van der Waals surface area (Å²) in [7, 11) is 0. The van der Waals surface area contributed by atoms with E-state index in [4.69, 9.17) is 0 Å². The summed E-state index contributed by atoms with van der Waals surface area (Å²) >= 11 is 0. The molecule has 0 aliphatic carbocycles. The first kappa shape index (κ1) is 18.4. The Morgan fingerprint density at radius 1 is 0.929 bits per heavy atom. The largest absolute Gasteiger partial charge is 0.416 e. The van der Waals surface area contributed by atoms with Crippen molar-refractivity contribution in [2.45, 2.75) is 12.7 Å². The molecule has 0 bridgehead atoms. The van der Waals surface area contributed by atoms with Gasteiger partial charge in [-0.25, -0.2) is 9.67 Å². The van der Waals surface area contributed by atoms with Gasteiger partial charge in [-0.3, -0.25) is 9.88 Å². The molecule has 4 rings (SSSR count). The van der Waals surface area contributed by atoms with Gasteiger partial charge in [0.1, 0.15) is 5.82 Å². The number of nitrogens with zero attached hydrogens (tertiary/aromatic N) is 6. The van der Waals surface area contributed by atoms with Crippen LogP contribution in [-0.2, 0) is 12.7 Å². The molecule has 2 aromatic heterocycles. The predicted octanol–water partition coefficient (Wildman–Crippen LogP) is 3.00. The summed E-state index contributed by atoms with van der Waals surface area (Å²) in [5, 5.41) is 4.17. The number of halogens is 3. The van der Waals surface area contributed by atoms with Gasteiger partial charge in [-0.1, -0.05) is 12.1 Å². The molecule has 1 aliphatic rings. The van der Waals surface area contributed by atoms with Crippen LogP contribution in [0, 0.1) is 0 Å². The van der Waals surface area contributed by atoms with Crippen LogP contribution in [0.5, 0.6) is 0 Å². The molecular weight excluding hydrogens is 369 g/mol. The molecule has 0 atom stereocenters. The maximum absolute atomic E-state index is 12.7. The zero-order valence-electron chi connectivity index (χ0n) is 15.0. The van der Waals surface area contributed by atoms with Crippen LogP contribution < -0.4 is 4.90 Å². The number of alkyl halides is 3. The second kappa shape index (κ2) is 7.59. The van der Waals surface area contributed by atoms with Crippen LogP contribution in [0.25, 0.3) is 5.82 Å². The monoisotopic (exact) mass is 388 g/mol. The van der Waals surface area contributed by atoms with Gasteiger partial charge in [-0.05, 0) is 23.8 Å². The van der Waals surface area contributed by atoms with Crippen molar-refractivity contribution in [3.05, 3.63) is 66.2 Å². The van der Waals surface area contributed by atoms with Crippen LogP contribution in [0.1, 0.15) is 11.1 Å². The zero-order valence-corrected chi connectivity index (χ0v) is 15.0. The molecule has 3 aromatic rings. The molecule has 0 saturated carbocycles. The number of rotatable bonds is 4. The maximum Gasteiger partial charge on any atom is 0.416 e. The number of aromatic nitrogens is 4. The Kier molecular flexibility index (Phi) is 4.99. The topological polar surface area (TPSA) is 50.1 Å². The average molecular weight is 388 g/mol. The van der Waals surface area contributed by atoms with Gasteiger partial charge in [0.15, 0.2) is 5.82 Å². The Morgan fingerprint density at radius 2 is 1.64 bits per heavy atom. The first-order valence-corrected chi connectivity index (χ1v) is 8.94. The van der Waals surface area contributed by atoms with Gasteiger partial charge in [0.25, 0.3) is 0 Å². The first-order chi connectivity index (χ1) is 13.5. The summed E-state index contributed by atoms with van der Waals surface area (Å²) in [5.41, 5.74) is 0.263. The molecular formula is C19H19F3N6. The van der Waals surface area contributed by atoms with E-state index >= 15 is 0 Å². The van der Waals surface area contributed by atoms with Crippen molar-refractivity contribution in [1.29, 1.82) is 0 Å². The molecule has 0 amide bonds. The molecule has 9 heteroatoms. The van der Waals surface area contributed by atoms with E-state index in [9.17, 15) is 13.2 Å². The fraction of sp³-hybridized carbons (Fsp3) is 0.316. The molecule has 1 aromatic carbocycles. The van der Waals surface area contributed by atoms with Crippen molar-refractivity contribution in [2.24, 2.45) is 0 Å². The highest BCUT2D eigenvalue weighted by atomic mass is 19.4. The van der Waals surface area contributed by atoms with Crippen LogP contribution in [0.4, 0.5) is 19.0 Å². The van der Waals surface area contributed by atoms with E-state index in [1.54, 1.807) is 35.4 Å². The summed E-state index contributed by atoms with van der Waals surface area (Å²) < 4.78 is 39.7. The Morgan fingerprint density at radius 3 is 2.29 bits per heavy atom. The summed E-state index contributed by atoms with van der Waals surface area (Å²) in [6.07, 6.45) is 2.61. The van der Waals surface area contributed by atoms with Crippen molar-refractivity contribution < 1.29 is 13.2 Å². The standard InChI is InChI=1S/C19H19F3N6/c20-19(21,22)16-4-2-15(3-5-16)14-26-8-10-27(11-9-26)17-12-23-13-18(25-17)28-7-1-6-24-28/h1-7,12-13H,8-11,14H2. The quantitative estimate of drug-likeness (QED) is 0.688. The van der Waals surface area contributed by atoms with E-state index in [-0.39, 0.29) is 0 Å². The van der Waals surface area contributed by atoms with Crippen LogP contribution >= 0.6 is 0 Å². The number of piperazine rings is 1. The lowest BCUT2D eigenvalue weighted by molar-refractivity contribution is -0.137. The second-order valence-corrected chi connectivity index (χ2v) is 6.64. The molecule has 3 heterocycles. The molecule has 0 radical (unpaired) electrons. The van der Waals surface area contributed by atoms with E-state index < -0.39 is 11.7 Å². The Hall–Kier alpha value is -2.94. The minimum Gasteiger partial charge on any atom is -0.353 e. The van der Waals surface area contributed by atoms with Gasteiger partial charge in [0, 0.05) is 45.1 Å². The van der Waals surface area contributed by atoms with Gasteiger partial charge in [0.05, 0.1) is 18.0 Å². The number of anilines is 1. The second-order valence-electron chi connectivity index (χ2n) is 6.64. The van der Waals surface area contributed by atoms with Gasteiger partial charge in [0.2, 0.25) is 0 Å². The van der Waals surface area contributed by atoms with Crippen molar-refractivity contribution in [3.8, 4) is 5.82 Å². The molecule has 6 nitrogen and oxygen atoms in total. The lowest BCUT2D eigenvalue weighted by atomic mass is 10.1. The van der Waals surface area contributed by atoms with Gasteiger partial charge in [-0.15, -0.1) is 0 Å². The number of hydrogen-bond donors (Lipinski definition) is 0. The summed E-state index contributed by atoms with van der Waals surface area (Å²) in [6.45, 7) is 3.78. The molecule has 1 fully saturated rings. The van der Waals surface area contributed by atoms with Crippen molar-refractivity contribution in [2.75, 3.05) is 31.1 Å². The molecule has 28 heavy (non-hydrogen) atoms. The van der Waals surface area contributed by atoms with Crippen molar-refractivity contribution >= 4 is 5.82 Å². The highest BCUT2D eigenvalue weighted by Crippen LogP contribution is 2.29. The van der Waals surface area contributed by atoms with Crippen LogP contribution in [-0.4, -0.2) is 50.8 Å². The summed E-state index contributed by atoms with van der Waals surface area (Å²) in [4.78, 5) is 13.3. The zero-order chi connectivity index (χ0) is 19.6. The molecule has 0 N–H and O–H groups in total. The third-order valence-corrected chi connectivity index (χ3v) is 4.73. The van der Waals surface area contributed by atoms with Crippen molar-refractivity contribution in [3.63, 3.8) is 0 Å². The van der Waals surface area contributed by atoms with E-state index in [2.05, 4.69) is 24.9 Å². The van der Waals surface area contributed by atoms with Crippen LogP contribution in [0.15, 0.2) is 55.1 Å².